The fourth-order valence-corrected chi connectivity index (χ4v) is 7.28. The average molecular weight is 639 g/mol. The van der Waals surface area contributed by atoms with Gasteiger partial charge in [-0.3, -0.25) is 10.2 Å². The molecule has 3 atom stereocenters. The van der Waals surface area contributed by atoms with Crippen molar-refractivity contribution in [3.8, 4) is 11.5 Å². The van der Waals surface area contributed by atoms with E-state index in [2.05, 4.69) is 10.6 Å². The van der Waals surface area contributed by atoms with Gasteiger partial charge in [-0.25, -0.2) is 4.79 Å². The number of rotatable bonds is 22. The minimum Gasteiger partial charge on any atom is -0.494 e. The van der Waals surface area contributed by atoms with Gasteiger partial charge >= 0.3 is 12.0 Å². The molecule has 2 aliphatic rings. The molecular formula is C35H50N4O5S. The van der Waals surface area contributed by atoms with Crippen LogP contribution in [0.5, 0.6) is 11.5 Å². The Morgan fingerprint density at radius 1 is 0.800 bits per heavy atom. The normalized spacial score (nSPS) is 18.6. The molecule has 45 heavy (non-hydrogen) atoms. The van der Waals surface area contributed by atoms with Crippen LogP contribution in [0.4, 0.5) is 4.79 Å². The maximum Gasteiger partial charge on any atom is 0.315 e. The van der Waals surface area contributed by atoms with Gasteiger partial charge in [0.15, 0.2) is 0 Å². The van der Waals surface area contributed by atoms with Crippen LogP contribution in [-0.2, 0) is 16.0 Å². The molecule has 2 amide bonds. The summed E-state index contributed by atoms with van der Waals surface area (Å²) in [4.78, 5) is 23.6. The van der Waals surface area contributed by atoms with Crippen LogP contribution in [0.3, 0.4) is 0 Å². The number of nitrogens with one attached hydrogen (secondary N) is 3. The fourth-order valence-electron chi connectivity index (χ4n) is 5.74. The smallest absolute Gasteiger partial charge is 0.315 e. The summed E-state index contributed by atoms with van der Waals surface area (Å²) in [6.45, 7) is 1.84. The summed E-state index contributed by atoms with van der Waals surface area (Å²) in [6, 6.07) is 15.9. The highest BCUT2D eigenvalue weighted by molar-refractivity contribution is 8.00. The van der Waals surface area contributed by atoms with Crippen molar-refractivity contribution in [2.75, 3.05) is 25.6 Å². The molecule has 2 saturated heterocycles. The highest BCUT2D eigenvalue weighted by Gasteiger charge is 2.42. The fraction of sp³-hybridized carbons (Fsp3) is 0.571. The van der Waals surface area contributed by atoms with E-state index < -0.39 is 0 Å². The zero-order chi connectivity index (χ0) is 31.7. The summed E-state index contributed by atoms with van der Waals surface area (Å²) < 4.78 is 17.1. The third kappa shape index (κ3) is 12.5. The zero-order valence-electron chi connectivity index (χ0n) is 26.4. The number of carbonyl (C=O) groups excluding carboxylic acids is 2. The van der Waals surface area contributed by atoms with Gasteiger partial charge in [-0.1, -0.05) is 57.1 Å². The Morgan fingerprint density at radius 2 is 1.40 bits per heavy atom. The Hall–Kier alpha value is -3.40. The third-order valence-corrected chi connectivity index (χ3v) is 9.88. The van der Waals surface area contributed by atoms with Crippen molar-refractivity contribution in [3.63, 3.8) is 0 Å². The van der Waals surface area contributed by atoms with Crippen molar-refractivity contribution in [1.82, 2.24) is 10.6 Å². The van der Waals surface area contributed by atoms with Crippen LogP contribution in [0, 0.1) is 5.41 Å². The van der Waals surface area contributed by atoms with Gasteiger partial charge in [-0.2, -0.15) is 11.8 Å². The predicted molar refractivity (Wildman–Crippen MR) is 180 cm³/mol. The van der Waals surface area contributed by atoms with Gasteiger partial charge in [0.2, 0.25) is 0 Å². The predicted octanol–water partition coefficient (Wildman–Crippen LogP) is 6.36. The third-order valence-electron chi connectivity index (χ3n) is 8.38. The van der Waals surface area contributed by atoms with Gasteiger partial charge in [0.05, 0.1) is 31.9 Å². The van der Waals surface area contributed by atoms with Crippen LogP contribution < -0.4 is 25.8 Å². The van der Waals surface area contributed by atoms with Crippen LogP contribution in [0.2, 0.25) is 0 Å². The Bertz CT molecular complexity index is 1190. The molecule has 5 N–H and O–H groups in total. The van der Waals surface area contributed by atoms with Crippen LogP contribution in [0.15, 0.2) is 48.5 Å². The molecule has 2 aromatic carbocycles. The average Bonchev–Trinajstić information content (AvgIpc) is 3.59. The molecule has 0 aliphatic carbocycles. The van der Waals surface area contributed by atoms with E-state index in [1.807, 2.05) is 60.3 Å². The Kier molecular flexibility index (Phi) is 14.7. The van der Waals surface area contributed by atoms with E-state index in [-0.39, 0.29) is 29.9 Å². The van der Waals surface area contributed by atoms with Crippen molar-refractivity contribution in [1.29, 1.82) is 5.41 Å². The van der Waals surface area contributed by atoms with Gasteiger partial charge < -0.3 is 30.6 Å². The largest absolute Gasteiger partial charge is 0.494 e. The molecule has 0 aromatic heterocycles. The number of urea groups is 1. The highest BCUT2D eigenvalue weighted by atomic mass is 32.2. The first kappa shape index (κ1) is 34.5. The number of nitrogens with two attached hydrogens (primary N) is 1. The molecule has 0 radical (unpaired) electrons. The number of ether oxygens (including phenoxy) is 3. The second-order valence-electron chi connectivity index (χ2n) is 11.9. The quantitative estimate of drug-likeness (QED) is 0.0387. The van der Waals surface area contributed by atoms with E-state index in [0.29, 0.717) is 30.3 Å². The molecule has 246 valence electrons. The van der Waals surface area contributed by atoms with Crippen molar-refractivity contribution in [2.45, 2.75) is 101 Å². The molecule has 0 saturated carbocycles. The maximum absolute atomic E-state index is 12.1. The highest BCUT2D eigenvalue weighted by Crippen LogP contribution is 2.33. The first-order valence-corrected chi connectivity index (χ1v) is 17.7. The van der Waals surface area contributed by atoms with Crippen LogP contribution in [0.25, 0.3) is 0 Å². The minimum absolute atomic E-state index is 0.0544. The zero-order valence-corrected chi connectivity index (χ0v) is 27.2. The van der Waals surface area contributed by atoms with Crippen LogP contribution in [0.1, 0.15) is 88.2 Å². The van der Waals surface area contributed by atoms with Gasteiger partial charge in [0, 0.05) is 29.4 Å². The molecule has 10 heteroatoms. The number of nitrogen functional groups attached to an aromatic ring is 1. The Morgan fingerprint density at radius 3 is 2.02 bits per heavy atom. The lowest BCUT2D eigenvalue weighted by Gasteiger charge is -2.16. The van der Waals surface area contributed by atoms with Crippen molar-refractivity contribution < 1.29 is 23.8 Å². The number of thioether (sulfide) groups is 1. The summed E-state index contributed by atoms with van der Waals surface area (Å²) in [6.07, 6.45) is 13.4. The van der Waals surface area contributed by atoms with E-state index in [9.17, 15) is 9.59 Å². The maximum atomic E-state index is 12.1. The van der Waals surface area contributed by atoms with Crippen LogP contribution >= 0.6 is 11.8 Å². The topological polar surface area (TPSA) is 136 Å². The summed E-state index contributed by atoms with van der Waals surface area (Å²) in [5.74, 6) is 2.61. The number of amides is 2. The molecule has 2 fully saturated rings. The summed E-state index contributed by atoms with van der Waals surface area (Å²) in [7, 11) is 0. The van der Waals surface area contributed by atoms with E-state index in [0.717, 1.165) is 68.1 Å². The van der Waals surface area contributed by atoms with Gasteiger partial charge in [-0.15, -0.1) is 0 Å². The first-order chi connectivity index (χ1) is 22.0. The SMILES string of the molecule is N=C(N)c1ccc(OCCCCCCCCCCOc2ccc(CCOC(=O)CCCCC3SCC4NC(=O)NC43)cc2)cc1. The van der Waals surface area contributed by atoms with Gasteiger partial charge in [0.1, 0.15) is 17.3 Å². The van der Waals surface area contributed by atoms with E-state index >= 15 is 0 Å². The number of unbranched alkanes of at least 4 members (excludes halogenated alkanes) is 8. The molecule has 0 spiro atoms. The Balaban J connectivity index is 0.916. The molecular weight excluding hydrogens is 588 g/mol. The van der Waals surface area contributed by atoms with Crippen LogP contribution in [-0.4, -0.2) is 60.7 Å². The number of esters is 1. The number of hydrogen-bond donors (Lipinski definition) is 4. The van der Waals surface area contributed by atoms with Crippen molar-refractivity contribution >= 4 is 29.6 Å². The Labute approximate surface area is 272 Å². The molecule has 2 heterocycles. The molecule has 0 bridgehead atoms. The first-order valence-electron chi connectivity index (χ1n) is 16.6. The van der Waals surface area contributed by atoms with Gasteiger partial charge in [-0.05, 0) is 67.6 Å². The van der Waals surface area contributed by atoms with Crippen molar-refractivity contribution in [3.05, 3.63) is 59.7 Å². The second-order valence-corrected chi connectivity index (χ2v) is 13.2. The lowest BCUT2D eigenvalue weighted by atomic mass is 10.0. The number of hydrogen-bond acceptors (Lipinski definition) is 7. The number of carbonyl (C=O) groups is 2. The number of fused-ring (bicyclic) bond motifs is 1. The lowest BCUT2D eigenvalue weighted by Crippen LogP contribution is -2.36. The molecule has 3 unspecified atom stereocenters. The molecule has 2 aliphatic heterocycles. The number of amidine groups is 1. The standard InChI is InChI=1S/C35H50N4O5S/c36-34(37)27-15-19-29(20-16-27)43-23-10-6-4-2-1-3-5-9-22-42-28-17-13-26(14-18-28)21-24-44-32(40)12-8-7-11-31-33-30(25-45-31)38-35(41)39-33/h13-20,30-31,33H,1-12,21-25H2,(H3,36,37)(H2,38,39,41). The van der Waals surface area contributed by atoms with Gasteiger partial charge in [0.25, 0.3) is 0 Å². The number of benzene rings is 2. The van der Waals surface area contributed by atoms with E-state index in [1.165, 1.54) is 38.5 Å². The molecule has 9 nitrogen and oxygen atoms in total. The minimum atomic E-state index is -0.136. The lowest BCUT2D eigenvalue weighted by molar-refractivity contribution is -0.143. The molecule has 4 rings (SSSR count). The molecule has 2 aromatic rings. The van der Waals surface area contributed by atoms with Crippen molar-refractivity contribution in [2.24, 2.45) is 5.73 Å². The second kappa shape index (κ2) is 19.2. The monoisotopic (exact) mass is 638 g/mol. The van der Waals surface area contributed by atoms with E-state index in [4.69, 9.17) is 25.4 Å². The summed E-state index contributed by atoms with van der Waals surface area (Å²) in [5, 5.41) is 13.8. The summed E-state index contributed by atoms with van der Waals surface area (Å²) in [5.41, 5.74) is 7.32. The van der Waals surface area contributed by atoms with E-state index in [1.54, 1.807) is 0 Å². The summed E-state index contributed by atoms with van der Waals surface area (Å²) >= 11 is 1.91.